The molecule has 1 unspecified atom stereocenters. The first-order chi connectivity index (χ1) is 9.21. The van der Waals surface area contributed by atoms with Crippen molar-refractivity contribution in [2.24, 2.45) is 0 Å². The smallest absolute Gasteiger partial charge is 0.162 e. The van der Waals surface area contributed by atoms with Crippen molar-refractivity contribution in [1.29, 1.82) is 0 Å². The maximum atomic E-state index is 5.70. The van der Waals surface area contributed by atoms with E-state index in [0.717, 1.165) is 30.2 Å². The minimum absolute atomic E-state index is 0.0421. The van der Waals surface area contributed by atoms with Crippen LogP contribution in [0.25, 0.3) is 0 Å². The highest BCUT2D eigenvalue weighted by molar-refractivity contribution is 5.43. The van der Waals surface area contributed by atoms with E-state index in [9.17, 15) is 0 Å². The highest BCUT2D eigenvalue weighted by Crippen LogP contribution is 2.29. The summed E-state index contributed by atoms with van der Waals surface area (Å²) in [6, 6.07) is 5.92. The molecule has 1 aromatic carbocycles. The van der Waals surface area contributed by atoms with Gasteiger partial charge in [0.05, 0.1) is 13.7 Å². The maximum absolute atomic E-state index is 5.70. The molecule has 0 aliphatic carbocycles. The molecule has 0 saturated heterocycles. The minimum Gasteiger partial charge on any atom is -0.493 e. The quantitative estimate of drug-likeness (QED) is 0.550. The topological polar surface area (TPSA) is 39.7 Å². The molecule has 0 aliphatic rings. The van der Waals surface area contributed by atoms with Gasteiger partial charge in [-0.2, -0.15) is 0 Å². The molecule has 0 spiro atoms. The van der Waals surface area contributed by atoms with Crippen LogP contribution in [-0.4, -0.2) is 33.5 Å². The largest absolute Gasteiger partial charge is 0.493 e. The van der Waals surface area contributed by atoms with Crippen LogP contribution in [0.1, 0.15) is 12.5 Å². The summed E-state index contributed by atoms with van der Waals surface area (Å²) < 4.78 is 16.0. The molecule has 1 aromatic rings. The predicted molar refractivity (Wildman–Crippen MR) is 76.9 cm³/mol. The van der Waals surface area contributed by atoms with Crippen LogP contribution in [0, 0.1) is 0 Å². The standard InChI is InChI=1S/C15H23NO3/c1-5-12(2)19-14-7-6-13(10-15(14)18-4)11-16-8-9-17-3/h5-7,10,12,16H,1,8-9,11H2,2-4H3. The SMILES string of the molecule is C=CC(C)Oc1ccc(CNCCOC)cc1OC. The molecule has 106 valence electrons. The minimum atomic E-state index is -0.0421. The number of hydrogen-bond donors (Lipinski definition) is 1. The first kappa shape index (κ1) is 15.5. The highest BCUT2D eigenvalue weighted by Gasteiger charge is 2.07. The van der Waals surface area contributed by atoms with Crippen LogP contribution in [0.4, 0.5) is 0 Å². The molecule has 4 nitrogen and oxygen atoms in total. The van der Waals surface area contributed by atoms with E-state index >= 15 is 0 Å². The van der Waals surface area contributed by atoms with Crippen LogP contribution in [-0.2, 0) is 11.3 Å². The third-order valence-electron chi connectivity index (χ3n) is 2.68. The Kier molecular flexibility index (Phi) is 7.00. The summed E-state index contributed by atoms with van der Waals surface area (Å²) in [5, 5.41) is 3.29. The third-order valence-corrected chi connectivity index (χ3v) is 2.68. The van der Waals surface area contributed by atoms with Crippen molar-refractivity contribution < 1.29 is 14.2 Å². The van der Waals surface area contributed by atoms with Gasteiger partial charge in [-0.1, -0.05) is 18.7 Å². The normalized spacial score (nSPS) is 11.9. The highest BCUT2D eigenvalue weighted by atomic mass is 16.5. The molecule has 4 heteroatoms. The van der Waals surface area contributed by atoms with Crippen LogP contribution >= 0.6 is 0 Å². The van der Waals surface area contributed by atoms with E-state index in [1.165, 1.54) is 0 Å². The van der Waals surface area contributed by atoms with E-state index in [4.69, 9.17) is 14.2 Å². The average Bonchev–Trinajstić information content (AvgIpc) is 2.44. The lowest BCUT2D eigenvalue weighted by molar-refractivity contribution is 0.199. The van der Waals surface area contributed by atoms with Crippen LogP contribution in [0.15, 0.2) is 30.9 Å². The monoisotopic (exact) mass is 265 g/mol. The Morgan fingerprint density at radius 1 is 1.32 bits per heavy atom. The summed E-state index contributed by atoms with van der Waals surface area (Å²) in [5.41, 5.74) is 1.14. The average molecular weight is 265 g/mol. The molecule has 1 atom stereocenters. The molecular formula is C15H23NO3. The molecular weight excluding hydrogens is 242 g/mol. The second-order valence-electron chi connectivity index (χ2n) is 4.21. The molecule has 0 radical (unpaired) electrons. The first-order valence-electron chi connectivity index (χ1n) is 6.37. The van der Waals surface area contributed by atoms with Gasteiger partial charge in [-0.25, -0.2) is 0 Å². The number of methoxy groups -OCH3 is 2. The van der Waals surface area contributed by atoms with Crippen LogP contribution < -0.4 is 14.8 Å². The summed E-state index contributed by atoms with van der Waals surface area (Å²) in [7, 11) is 3.33. The van der Waals surface area contributed by atoms with Gasteiger partial charge in [-0.05, 0) is 24.6 Å². The summed E-state index contributed by atoms with van der Waals surface area (Å²) in [5.74, 6) is 1.47. The van der Waals surface area contributed by atoms with Gasteiger partial charge in [-0.15, -0.1) is 0 Å². The van der Waals surface area contributed by atoms with Gasteiger partial charge in [0, 0.05) is 20.2 Å². The number of ether oxygens (including phenoxy) is 3. The Hall–Kier alpha value is -1.52. The van der Waals surface area contributed by atoms with Crippen LogP contribution in [0.3, 0.4) is 0 Å². The zero-order valence-corrected chi connectivity index (χ0v) is 11.9. The van der Waals surface area contributed by atoms with Crippen molar-refractivity contribution in [3.05, 3.63) is 36.4 Å². The fraction of sp³-hybridized carbons (Fsp3) is 0.467. The Labute approximate surface area is 115 Å². The van der Waals surface area contributed by atoms with Gasteiger partial charge >= 0.3 is 0 Å². The van der Waals surface area contributed by atoms with E-state index in [-0.39, 0.29) is 6.10 Å². The van der Waals surface area contributed by atoms with Gasteiger partial charge in [0.1, 0.15) is 6.10 Å². The zero-order valence-electron chi connectivity index (χ0n) is 11.9. The van der Waals surface area contributed by atoms with Gasteiger partial charge in [-0.3, -0.25) is 0 Å². The Balaban J connectivity index is 2.64. The molecule has 1 rings (SSSR count). The fourth-order valence-corrected chi connectivity index (χ4v) is 1.57. The van der Waals surface area contributed by atoms with Gasteiger partial charge < -0.3 is 19.5 Å². The summed E-state index contributed by atoms with van der Waals surface area (Å²) in [6.45, 7) is 7.94. The van der Waals surface area contributed by atoms with Crippen molar-refractivity contribution in [3.8, 4) is 11.5 Å². The second-order valence-corrected chi connectivity index (χ2v) is 4.21. The molecule has 0 bridgehead atoms. The third kappa shape index (κ3) is 5.32. The lowest BCUT2D eigenvalue weighted by Crippen LogP contribution is -2.18. The fourth-order valence-electron chi connectivity index (χ4n) is 1.57. The summed E-state index contributed by atoms with van der Waals surface area (Å²) >= 11 is 0. The van der Waals surface area contributed by atoms with Crippen molar-refractivity contribution in [1.82, 2.24) is 5.32 Å². The lowest BCUT2D eigenvalue weighted by atomic mass is 10.2. The summed E-state index contributed by atoms with van der Waals surface area (Å²) in [6.07, 6.45) is 1.71. The Morgan fingerprint density at radius 2 is 2.11 bits per heavy atom. The van der Waals surface area contributed by atoms with Crippen molar-refractivity contribution in [2.45, 2.75) is 19.6 Å². The van der Waals surface area contributed by atoms with Gasteiger partial charge in [0.2, 0.25) is 0 Å². The molecule has 0 amide bonds. The predicted octanol–water partition coefficient (Wildman–Crippen LogP) is 2.38. The van der Waals surface area contributed by atoms with E-state index < -0.39 is 0 Å². The molecule has 0 aromatic heterocycles. The molecule has 0 fully saturated rings. The molecule has 0 heterocycles. The zero-order chi connectivity index (χ0) is 14.1. The summed E-state index contributed by atoms with van der Waals surface area (Å²) in [4.78, 5) is 0. The second kappa shape index (κ2) is 8.56. The lowest BCUT2D eigenvalue weighted by Gasteiger charge is -2.15. The molecule has 0 aliphatic heterocycles. The van der Waals surface area contributed by atoms with E-state index in [1.54, 1.807) is 20.3 Å². The van der Waals surface area contributed by atoms with Crippen molar-refractivity contribution in [2.75, 3.05) is 27.4 Å². The van der Waals surface area contributed by atoms with Crippen molar-refractivity contribution in [3.63, 3.8) is 0 Å². The Morgan fingerprint density at radius 3 is 2.74 bits per heavy atom. The van der Waals surface area contributed by atoms with Crippen LogP contribution in [0.5, 0.6) is 11.5 Å². The molecule has 19 heavy (non-hydrogen) atoms. The maximum Gasteiger partial charge on any atom is 0.162 e. The van der Waals surface area contributed by atoms with E-state index in [2.05, 4.69) is 11.9 Å². The number of rotatable bonds is 9. The van der Waals surface area contributed by atoms with Crippen molar-refractivity contribution >= 4 is 0 Å². The number of benzene rings is 1. The number of nitrogens with one attached hydrogen (secondary N) is 1. The van der Waals surface area contributed by atoms with Gasteiger partial charge in [0.25, 0.3) is 0 Å². The first-order valence-corrected chi connectivity index (χ1v) is 6.37. The van der Waals surface area contributed by atoms with E-state index in [1.807, 2.05) is 25.1 Å². The van der Waals surface area contributed by atoms with Gasteiger partial charge in [0.15, 0.2) is 11.5 Å². The van der Waals surface area contributed by atoms with Crippen LogP contribution in [0.2, 0.25) is 0 Å². The van der Waals surface area contributed by atoms with E-state index in [0.29, 0.717) is 6.61 Å². The number of hydrogen-bond acceptors (Lipinski definition) is 4. The molecule has 0 saturated carbocycles. The Bertz CT molecular complexity index is 393. The molecule has 1 N–H and O–H groups in total.